The number of ether oxygens (including phenoxy) is 1. The van der Waals surface area contributed by atoms with E-state index in [1.54, 1.807) is 6.08 Å². The lowest BCUT2D eigenvalue weighted by Crippen LogP contribution is -2.08. The van der Waals surface area contributed by atoms with Crippen LogP contribution in [0.4, 0.5) is 17.6 Å². The van der Waals surface area contributed by atoms with Gasteiger partial charge in [0.1, 0.15) is 0 Å². The standard InChI is InChI=1S/C14H17N5O.C2H6/c1-4-9-15-12-17-13(19-14(18-12)20-3)16-11-7-5-10(2)6-8-11;1-2/h4-8H,1,9H2,2-3H3,(H2,15,16,17,18,19);1-2H3. The fourth-order valence-corrected chi connectivity index (χ4v) is 1.51. The molecule has 1 heterocycles. The Balaban J connectivity index is 0.00000116. The maximum absolute atomic E-state index is 5.06. The first-order chi connectivity index (χ1) is 10.7. The maximum atomic E-state index is 5.06. The monoisotopic (exact) mass is 301 g/mol. The number of aryl methyl sites for hydroxylation is 1. The first-order valence-corrected chi connectivity index (χ1v) is 7.20. The molecular weight excluding hydrogens is 278 g/mol. The quantitative estimate of drug-likeness (QED) is 0.795. The summed E-state index contributed by atoms with van der Waals surface area (Å²) in [7, 11) is 1.52. The third kappa shape index (κ3) is 5.40. The largest absolute Gasteiger partial charge is 0.467 e. The van der Waals surface area contributed by atoms with Crippen molar-refractivity contribution in [2.24, 2.45) is 0 Å². The molecular formula is C16H23N5O. The summed E-state index contributed by atoms with van der Waals surface area (Å²) in [6, 6.07) is 8.20. The van der Waals surface area contributed by atoms with Gasteiger partial charge in [-0.3, -0.25) is 0 Å². The average Bonchev–Trinajstić information content (AvgIpc) is 2.56. The van der Waals surface area contributed by atoms with Gasteiger partial charge in [-0.25, -0.2) is 0 Å². The number of hydrogen-bond acceptors (Lipinski definition) is 6. The van der Waals surface area contributed by atoms with Crippen molar-refractivity contribution in [2.45, 2.75) is 20.8 Å². The maximum Gasteiger partial charge on any atom is 0.322 e. The predicted molar refractivity (Wildman–Crippen MR) is 90.9 cm³/mol. The summed E-state index contributed by atoms with van der Waals surface area (Å²) < 4.78 is 5.06. The molecule has 0 radical (unpaired) electrons. The molecule has 118 valence electrons. The van der Waals surface area contributed by atoms with Crippen LogP contribution in [0.2, 0.25) is 0 Å². The van der Waals surface area contributed by atoms with E-state index in [2.05, 4.69) is 32.2 Å². The van der Waals surface area contributed by atoms with Crippen LogP contribution in [0.5, 0.6) is 6.01 Å². The van der Waals surface area contributed by atoms with E-state index < -0.39 is 0 Å². The molecule has 0 spiro atoms. The highest BCUT2D eigenvalue weighted by molar-refractivity contribution is 5.54. The summed E-state index contributed by atoms with van der Waals surface area (Å²) in [6.45, 7) is 10.2. The van der Waals surface area contributed by atoms with Crippen LogP contribution in [0.15, 0.2) is 36.9 Å². The zero-order valence-electron chi connectivity index (χ0n) is 13.6. The van der Waals surface area contributed by atoms with E-state index in [0.717, 1.165) is 5.69 Å². The van der Waals surface area contributed by atoms with Crippen LogP contribution in [0.25, 0.3) is 0 Å². The number of nitrogens with zero attached hydrogens (tertiary/aromatic N) is 3. The van der Waals surface area contributed by atoms with Crippen LogP contribution in [-0.4, -0.2) is 28.6 Å². The SMILES string of the molecule is C=CCNc1nc(Nc2ccc(C)cc2)nc(OC)n1.CC. The Labute approximate surface area is 131 Å². The Morgan fingerprint density at radius 3 is 2.32 bits per heavy atom. The highest BCUT2D eigenvalue weighted by atomic mass is 16.5. The van der Waals surface area contributed by atoms with Gasteiger partial charge in [-0.05, 0) is 19.1 Å². The summed E-state index contributed by atoms with van der Waals surface area (Å²) in [5, 5.41) is 6.12. The normalized spacial score (nSPS) is 9.27. The second kappa shape index (κ2) is 9.33. The van der Waals surface area contributed by atoms with Crippen LogP contribution < -0.4 is 15.4 Å². The van der Waals surface area contributed by atoms with Crippen molar-refractivity contribution in [3.63, 3.8) is 0 Å². The van der Waals surface area contributed by atoms with Gasteiger partial charge in [0.25, 0.3) is 0 Å². The molecule has 0 atom stereocenters. The van der Waals surface area contributed by atoms with Gasteiger partial charge in [-0.15, -0.1) is 6.58 Å². The Kier molecular flexibility index (Phi) is 7.39. The van der Waals surface area contributed by atoms with Crippen molar-refractivity contribution < 1.29 is 4.74 Å². The average molecular weight is 301 g/mol. The van der Waals surface area contributed by atoms with E-state index in [4.69, 9.17) is 4.74 Å². The van der Waals surface area contributed by atoms with Crippen LogP contribution in [0.1, 0.15) is 19.4 Å². The highest BCUT2D eigenvalue weighted by Gasteiger charge is 2.06. The van der Waals surface area contributed by atoms with Crippen molar-refractivity contribution >= 4 is 17.6 Å². The molecule has 6 nitrogen and oxygen atoms in total. The Morgan fingerprint density at radius 2 is 1.73 bits per heavy atom. The predicted octanol–water partition coefficient (Wildman–Crippen LogP) is 3.56. The van der Waals surface area contributed by atoms with Crippen molar-refractivity contribution in [1.82, 2.24) is 15.0 Å². The lowest BCUT2D eigenvalue weighted by molar-refractivity contribution is 0.379. The number of nitrogens with one attached hydrogen (secondary N) is 2. The molecule has 0 saturated carbocycles. The van der Waals surface area contributed by atoms with Crippen molar-refractivity contribution in [3.8, 4) is 6.01 Å². The van der Waals surface area contributed by atoms with Crippen molar-refractivity contribution in [1.29, 1.82) is 0 Å². The molecule has 0 saturated heterocycles. The molecule has 6 heteroatoms. The smallest absolute Gasteiger partial charge is 0.322 e. The fraction of sp³-hybridized carbons (Fsp3) is 0.312. The number of rotatable bonds is 6. The zero-order chi connectivity index (χ0) is 16.4. The number of methoxy groups -OCH3 is 1. The second-order valence-corrected chi connectivity index (χ2v) is 4.13. The zero-order valence-corrected chi connectivity index (χ0v) is 13.6. The highest BCUT2D eigenvalue weighted by Crippen LogP contribution is 2.16. The fourth-order valence-electron chi connectivity index (χ4n) is 1.51. The third-order valence-corrected chi connectivity index (χ3v) is 2.51. The minimum atomic E-state index is 0.251. The van der Waals surface area contributed by atoms with Crippen LogP contribution >= 0.6 is 0 Å². The van der Waals surface area contributed by atoms with Crippen LogP contribution in [0.3, 0.4) is 0 Å². The lowest BCUT2D eigenvalue weighted by atomic mass is 10.2. The minimum Gasteiger partial charge on any atom is -0.467 e. The molecule has 0 aliphatic carbocycles. The molecule has 2 rings (SSSR count). The minimum absolute atomic E-state index is 0.251. The first-order valence-electron chi connectivity index (χ1n) is 7.20. The van der Waals surface area contributed by atoms with E-state index in [1.807, 2.05) is 45.0 Å². The molecule has 2 aromatic rings. The first kappa shape index (κ1) is 17.4. The Hall–Kier alpha value is -2.63. The summed E-state index contributed by atoms with van der Waals surface area (Å²) >= 11 is 0. The lowest BCUT2D eigenvalue weighted by Gasteiger charge is -2.08. The van der Waals surface area contributed by atoms with Crippen LogP contribution in [-0.2, 0) is 0 Å². The van der Waals surface area contributed by atoms with E-state index in [1.165, 1.54) is 12.7 Å². The number of aromatic nitrogens is 3. The van der Waals surface area contributed by atoms with E-state index >= 15 is 0 Å². The molecule has 0 fully saturated rings. The molecule has 2 N–H and O–H groups in total. The number of benzene rings is 1. The summed E-state index contributed by atoms with van der Waals surface area (Å²) in [5.74, 6) is 0.860. The second-order valence-electron chi connectivity index (χ2n) is 4.13. The van der Waals surface area contributed by atoms with Gasteiger partial charge in [0, 0.05) is 12.2 Å². The van der Waals surface area contributed by atoms with E-state index in [0.29, 0.717) is 18.4 Å². The number of anilines is 3. The molecule has 0 amide bonds. The molecule has 22 heavy (non-hydrogen) atoms. The number of hydrogen-bond donors (Lipinski definition) is 2. The Morgan fingerprint density at radius 1 is 1.09 bits per heavy atom. The van der Waals surface area contributed by atoms with Crippen molar-refractivity contribution in [3.05, 3.63) is 42.5 Å². The van der Waals surface area contributed by atoms with Gasteiger partial charge in [0.15, 0.2) is 0 Å². The summed E-state index contributed by atoms with van der Waals surface area (Å²) in [4.78, 5) is 12.5. The van der Waals surface area contributed by atoms with Crippen LogP contribution in [0, 0.1) is 6.92 Å². The summed E-state index contributed by atoms with van der Waals surface area (Å²) in [5.41, 5.74) is 2.09. The topological polar surface area (TPSA) is 72.0 Å². The van der Waals surface area contributed by atoms with Gasteiger partial charge in [-0.2, -0.15) is 15.0 Å². The summed E-state index contributed by atoms with van der Waals surface area (Å²) in [6.07, 6.45) is 1.73. The molecule has 0 bridgehead atoms. The van der Waals surface area contributed by atoms with Gasteiger partial charge < -0.3 is 15.4 Å². The molecule has 0 unspecified atom stereocenters. The molecule has 1 aromatic carbocycles. The Bertz CT molecular complexity index is 584. The van der Waals surface area contributed by atoms with Crippen molar-refractivity contribution in [2.75, 3.05) is 24.3 Å². The molecule has 1 aromatic heterocycles. The van der Waals surface area contributed by atoms with E-state index in [9.17, 15) is 0 Å². The van der Waals surface area contributed by atoms with E-state index in [-0.39, 0.29) is 6.01 Å². The third-order valence-electron chi connectivity index (χ3n) is 2.51. The van der Waals surface area contributed by atoms with Gasteiger partial charge in [-0.1, -0.05) is 37.6 Å². The molecule has 0 aliphatic rings. The van der Waals surface area contributed by atoms with Gasteiger partial charge >= 0.3 is 6.01 Å². The van der Waals surface area contributed by atoms with Gasteiger partial charge in [0.2, 0.25) is 11.9 Å². The molecule has 0 aliphatic heterocycles. The van der Waals surface area contributed by atoms with Gasteiger partial charge in [0.05, 0.1) is 7.11 Å².